The third-order valence-corrected chi connectivity index (χ3v) is 2.45. The number of terminal acetylenes is 1. The summed E-state index contributed by atoms with van der Waals surface area (Å²) in [5, 5.41) is 9.05. The van der Waals surface area contributed by atoms with Crippen molar-refractivity contribution in [3.63, 3.8) is 0 Å². The summed E-state index contributed by atoms with van der Waals surface area (Å²) < 4.78 is 0. The Labute approximate surface area is 89.9 Å². The normalized spacial score (nSPS) is 11.8. The van der Waals surface area contributed by atoms with Crippen LogP contribution >= 0.6 is 0 Å². The van der Waals surface area contributed by atoms with Crippen LogP contribution in [0.15, 0.2) is 18.2 Å². The summed E-state index contributed by atoms with van der Waals surface area (Å²) in [6.45, 7) is 3.78. The van der Waals surface area contributed by atoms with Gasteiger partial charge in [-0.3, -0.25) is 4.79 Å². The van der Waals surface area contributed by atoms with Crippen LogP contribution in [0.25, 0.3) is 0 Å². The molecule has 0 saturated carbocycles. The number of rotatable bonds is 3. The predicted octanol–water partition coefficient (Wildman–Crippen LogP) is 2.55. The van der Waals surface area contributed by atoms with Crippen LogP contribution in [0.4, 0.5) is 0 Å². The lowest BCUT2D eigenvalue weighted by molar-refractivity contribution is -0.138. The molecule has 0 saturated heterocycles. The molecule has 1 rings (SSSR count). The number of benzene rings is 1. The van der Waals surface area contributed by atoms with Crippen LogP contribution in [0.2, 0.25) is 0 Å². The Kier molecular flexibility index (Phi) is 3.51. The molecular formula is C13H14O2. The highest BCUT2D eigenvalue weighted by Crippen LogP contribution is 2.24. The molecule has 0 bridgehead atoms. The number of carboxylic acids is 1. The quantitative estimate of drug-likeness (QED) is 0.765. The van der Waals surface area contributed by atoms with Gasteiger partial charge in [-0.2, -0.15) is 0 Å². The number of aryl methyl sites for hydroxylation is 1. The number of hydrogen-bond acceptors (Lipinski definition) is 1. The first-order valence-corrected chi connectivity index (χ1v) is 4.90. The lowest BCUT2D eigenvalue weighted by atomic mass is 9.91. The molecule has 0 aromatic heterocycles. The van der Waals surface area contributed by atoms with Gasteiger partial charge < -0.3 is 5.11 Å². The Balaban J connectivity index is 3.24. The average Bonchev–Trinajstić information content (AvgIpc) is 2.20. The van der Waals surface area contributed by atoms with Gasteiger partial charge in [-0.15, -0.1) is 6.42 Å². The zero-order valence-corrected chi connectivity index (χ0v) is 8.95. The molecule has 0 radical (unpaired) electrons. The molecule has 2 nitrogen and oxygen atoms in total. The summed E-state index contributed by atoms with van der Waals surface area (Å²) in [6, 6.07) is 5.55. The molecule has 78 valence electrons. The van der Waals surface area contributed by atoms with Crippen molar-refractivity contribution >= 4 is 5.97 Å². The van der Waals surface area contributed by atoms with Crippen molar-refractivity contribution in [1.29, 1.82) is 0 Å². The molecule has 1 aromatic carbocycles. The molecule has 0 spiro atoms. The van der Waals surface area contributed by atoms with E-state index in [-0.39, 0.29) is 0 Å². The minimum atomic E-state index is -0.821. The first kappa shape index (κ1) is 11.3. The monoisotopic (exact) mass is 202 g/mol. The van der Waals surface area contributed by atoms with Crippen LogP contribution in [-0.4, -0.2) is 11.1 Å². The van der Waals surface area contributed by atoms with Crippen molar-refractivity contribution in [3.05, 3.63) is 34.9 Å². The molecule has 15 heavy (non-hydrogen) atoms. The van der Waals surface area contributed by atoms with E-state index in [4.69, 9.17) is 11.5 Å². The van der Waals surface area contributed by atoms with E-state index in [0.29, 0.717) is 12.0 Å². The topological polar surface area (TPSA) is 37.3 Å². The maximum Gasteiger partial charge on any atom is 0.311 e. The van der Waals surface area contributed by atoms with Crippen molar-refractivity contribution in [2.75, 3.05) is 0 Å². The van der Waals surface area contributed by atoms with Crippen LogP contribution in [0.1, 0.15) is 36.0 Å². The minimum Gasteiger partial charge on any atom is -0.481 e. The van der Waals surface area contributed by atoms with E-state index in [0.717, 1.165) is 11.1 Å². The lowest BCUT2D eigenvalue weighted by Gasteiger charge is -2.12. The maximum atomic E-state index is 11.0. The second kappa shape index (κ2) is 4.65. The van der Waals surface area contributed by atoms with Gasteiger partial charge in [-0.1, -0.05) is 25.0 Å². The Hall–Kier alpha value is -1.75. The molecule has 0 heterocycles. The third-order valence-electron chi connectivity index (χ3n) is 2.45. The Morgan fingerprint density at radius 1 is 1.60 bits per heavy atom. The van der Waals surface area contributed by atoms with Crippen molar-refractivity contribution in [1.82, 2.24) is 0 Å². The molecule has 0 aliphatic carbocycles. The summed E-state index contributed by atoms with van der Waals surface area (Å²) in [7, 11) is 0. The van der Waals surface area contributed by atoms with Gasteiger partial charge in [-0.25, -0.2) is 0 Å². The fourth-order valence-corrected chi connectivity index (χ4v) is 1.63. The largest absolute Gasteiger partial charge is 0.481 e. The van der Waals surface area contributed by atoms with Crippen molar-refractivity contribution in [2.24, 2.45) is 0 Å². The predicted molar refractivity (Wildman–Crippen MR) is 59.8 cm³/mol. The van der Waals surface area contributed by atoms with E-state index >= 15 is 0 Å². The molecule has 1 atom stereocenters. The van der Waals surface area contributed by atoms with Crippen molar-refractivity contribution < 1.29 is 9.90 Å². The smallest absolute Gasteiger partial charge is 0.311 e. The van der Waals surface area contributed by atoms with E-state index in [2.05, 4.69) is 5.92 Å². The van der Waals surface area contributed by atoms with E-state index in [1.807, 2.05) is 32.0 Å². The van der Waals surface area contributed by atoms with Gasteiger partial charge in [0.05, 0.1) is 5.92 Å². The SMILES string of the molecule is C#Cc1cc(C)ccc1C(CC)C(=O)O. The number of aliphatic carboxylic acids is 1. The summed E-state index contributed by atoms with van der Waals surface area (Å²) in [5.41, 5.74) is 2.47. The number of carboxylic acid groups (broad SMARTS) is 1. The van der Waals surface area contributed by atoms with Crippen LogP contribution < -0.4 is 0 Å². The average molecular weight is 202 g/mol. The molecule has 2 heteroatoms. The second-order valence-corrected chi connectivity index (χ2v) is 3.53. The summed E-state index contributed by atoms with van der Waals surface area (Å²) in [5.74, 6) is 1.22. The number of carbonyl (C=O) groups is 1. The number of hydrogen-bond donors (Lipinski definition) is 1. The van der Waals surface area contributed by atoms with Crippen LogP contribution in [-0.2, 0) is 4.79 Å². The Morgan fingerprint density at radius 2 is 2.27 bits per heavy atom. The Morgan fingerprint density at radius 3 is 2.73 bits per heavy atom. The van der Waals surface area contributed by atoms with Gasteiger partial charge in [0.1, 0.15) is 0 Å². The van der Waals surface area contributed by atoms with Gasteiger partial charge in [0.2, 0.25) is 0 Å². The van der Waals surface area contributed by atoms with Crippen LogP contribution in [0, 0.1) is 19.3 Å². The maximum absolute atomic E-state index is 11.0. The van der Waals surface area contributed by atoms with E-state index < -0.39 is 11.9 Å². The second-order valence-electron chi connectivity index (χ2n) is 3.53. The summed E-state index contributed by atoms with van der Waals surface area (Å²) in [6.07, 6.45) is 5.92. The van der Waals surface area contributed by atoms with Crippen molar-refractivity contribution in [3.8, 4) is 12.3 Å². The lowest BCUT2D eigenvalue weighted by Crippen LogP contribution is -2.12. The minimum absolute atomic E-state index is 0.503. The van der Waals surface area contributed by atoms with Gasteiger partial charge in [-0.05, 0) is 30.5 Å². The van der Waals surface area contributed by atoms with Crippen LogP contribution in [0.3, 0.4) is 0 Å². The van der Waals surface area contributed by atoms with Gasteiger partial charge >= 0.3 is 5.97 Å². The molecular weight excluding hydrogens is 188 g/mol. The van der Waals surface area contributed by atoms with Crippen molar-refractivity contribution in [2.45, 2.75) is 26.2 Å². The van der Waals surface area contributed by atoms with E-state index in [1.54, 1.807) is 0 Å². The third kappa shape index (κ3) is 2.38. The van der Waals surface area contributed by atoms with Gasteiger partial charge in [0.15, 0.2) is 0 Å². The molecule has 0 fully saturated rings. The van der Waals surface area contributed by atoms with E-state index in [1.165, 1.54) is 0 Å². The summed E-state index contributed by atoms with van der Waals surface area (Å²) >= 11 is 0. The van der Waals surface area contributed by atoms with Gasteiger partial charge in [0, 0.05) is 5.56 Å². The molecule has 0 aliphatic heterocycles. The highest BCUT2D eigenvalue weighted by atomic mass is 16.4. The molecule has 1 unspecified atom stereocenters. The zero-order chi connectivity index (χ0) is 11.4. The van der Waals surface area contributed by atoms with E-state index in [9.17, 15) is 4.79 Å². The first-order valence-electron chi connectivity index (χ1n) is 4.90. The molecule has 0 aliphatic rings. The Bertz CT molecular complexity index is 413. The highest BCUT2D eigenvalue weighted by molar-refractivity contribution is 5.77. The fraction of sp³-hybridized carbons (Fsp3) is 0.308. The van der Waals surface area contributed by atoms with Gasteiger partial charge in [0.25, 0.3) is 0 Å². The zero-order valence-electron chi connectivity index (χ0n) is 8.95. The first-order chi connectivity index (χ1) is 7.10. The molecule has 1 aromatic rings. The molecule has 1 N–H and O–H groups in total. The highest BCUT2D eigenvalue weighted by Gasteiger charge is 2.19. The standard InChI is InChI=1S/C13H14O2/c1-4-10-8-9(3)6-7-12(10)11(5-2)13(14)15/h1,6-8,11H,5H2,2-3H3,(H,14,15). The fourth-order valence-electron chi connectivity index (χ4n) is 1.63. The molecule has 0 amide bonds. The summed E-state index contributed by atoms with van der Waals surface area (Å²) in [4.78, 5) is 11.0. The van der Waals surface area contributed by atoms with Crippen LogP contribution in [0.5, 0.6) is 0 Å².